The highest BCUT2D eigenvalue weighted by Gasteiger charge is 2.12. The second-order valence-corrected chi connectivity index (χ2v) is 17.3. The van der Waals surface area contributed by atoms with Crippen LogP contribution in [0, 0.1) is 48.5 Å². The lowest BCUT2D eigenvalue weighted by atomic mass is 10.0. The van der Waals surface area contributed by atoms with Crippen LogP contribution >= 0.6 is 0 Å². The molecule has 0 spiro atoms. The smallest absolute Gasteiger partial charge is 0.335 e. The van der Waals surface area contributed by atoms with Gasteiger partial charge in [-0.1, -0.05) is 142 Å². The molecule has 0 unspecified atom stereocenters. The third-order valence-electron chi connectivity index (χ3n) is 11.0. The molecular weight excluding hydrogens is 1150 g/mol. The summed E-state index contributed by atoms with van der Waals surface area (Å²) in [6, 6.07) is 33.5. The van der Waals surface area contributed by atoms with Gasteiger partial charge in [0.25, 0.3) is 0 Å². The van der Waals surface area contributed by atoms with Gasteiger partial charge in [-0.05, 0) is 123 Å². The lowest BCUT2D eigenvalue weighted by molar-refractivity contribution is -0.259. The Hall–Kier alpha value is -11.8. The van der Waals surface area contributed by atoms with Crippen LogP contribution in [-0.4, -0.2) is 81.8 Å². The van der Waals surface area contributed by atoms with Crippen LogP contribution in [0.1, 0.15) is 185 Å². The van der Waals surface area contributed by atoms with Crippen LogP contribution < -0.4 is 51.1 Å². The number of carboxylic acid groups (broad SMARTS) is 12. The molecule has 0 amide bonds. The van der Waals surface area contributed by atoms with Crippen molar-refractivity contribution in [3.63, 3.8) is 0 Å². The van der Waals surface area contributed by atoms with Gasteiger partial charge < -0.3 is 109 Å². The van der Waals surface area contributed by atoms with Gasteiger partial charge >= 0.3 is 11.9 Å². The van der Waals surface area contributed by atoms with Gasteiger partial charge in [0.1, 0.15) is 0 Å². The molecule has 24 nitrogen and oxygen atoms in total. The number of hydrogen-bond acceptors (Lipinski definition) is 22. The Morgan fingerprint density at radius 2 is 0.693 bits per heavy atom. The predicted molar refractivity (Wildman–Crippen MR) is 294 cm³/mol. The Labute approximate surface area is 503 Å². The largest absolute Gasteiger partial charge is 0.545 e. The summed E-state index contributed by atoms with van der Waals surface area (Å²) < 4.78 is 0. The molecule has 0 radical (unpaired) electrons. The topological polar surface area (TPSA) is 476 Å². The fourth-order valence-electron chi connectivity index (χ4n) is 6.75. The number of rotatable bonds is 12. The van der Waals surface area contributed by atoms with Gasteiger partial charge in [-0.15, -0.1) is 0 Å². The molecule has 7 rings (SSSR count). The van der Waals surface area contributed by atoms with E-state index in [9.17, 15) is 109 Å². The number of carbonyl (C=O) groups excluding carboxylic acids is 10. The fraction of sp³-hybridized carbons (Fsp3) is 0.156. The molecule has 88 heavy (non-hydrogen) atoms. The maximum absolute atomic E-state index is 10.6. The lowest BCUT2D eigenvalue weighted by Crippen LogP contribution is -2.30. The van der Waals surface area contributed by atoms with Crippen LogP contribution in [0.5, 0.6) is 0 Å². The quantitative estimate of drug-likeness (QED) is 0.143. The Bertz CT molecular complexity index is 3580. The van der Waals surface area contributed by atoms with Crippen molar-refractivity contribution in [2.75, 3.05) is 0 Å². The summed E-state index contributed by atoms with van der Waals surface area (Å²) in [5.74, 6) is -16.5. The van der Waals surface area contributed by atoms with E-state index in [1.165, 1.54) is 123 Å². The average Bonchev–Trinajstić information content (AvgIpc) is 3.66. The number of hydrogen-bond donors (Lipinski definition) is 2. The van der Waals surface area contributed by atoms with Gasteiger partial charge in [0.15, 0.2) is 0 Å². The van der Waals surface area contributed by atoms with Crippen LogP contribution in [0.4, 0.5) is 0 Å². The Morgan fingerprint density at radius 3 is 1.06 bits per heavy atom. The van der Waals surface area contributed by atoms with E-state index < -0.39 is 71.6 Å². The van der Waals surface area contributed by atoms with E-state index in [2.05, 4.69) is 19.1 Å². The normalized spacial score (nSPS) is 9.28. The summed E-state index contributed by atoms with van der Waals surface area (Å²) >= 11 is 0. The summed E-state index contributed by atoms with van der Waals surface area (Å²) in [6.07, 6.45) is 0. The zero-order valence-corrected chi connectivity index (χ0v) is 47.7. The monoisotopic (exact) mass is 1210 g/mol. The molecule has 0 bridgehead atoms. The van der Waals surface area contributed by atoms with Crippen LogP contribution in [-0.2, 0) is 0 Å². The van der Waals surface area contributed by atoms with Gasteiger partial charge in [-0.2, -0.15) is 0 Å². The summed E-state index contributed by atoms with van der Waals surface area (Å²) in [7, 11) is 0. The molecule has 0 atom stereocenters. The van der Waals surface area contributed by atoms with Crippen molar-refractivity contribution >= 4 is 71.6 Å². The molecule has 0 aliphatic rings. The van der Waals surface area contributed by atoms with E-state index >= 15 is 0 Å². The maximum Gasteiger partial charge on any atom is 0.335 e. The van der Waals surface area contributed by atoms with E-state index in [4.69, 9.17) is 10.2 Å². The molecule has 0 aromatic heterocycles. The van der Waals surface area contributed by atoms with Gasteiger partial charge in [0, 0.05) is 38.9 Å². The van der Waals surface area contributed by atoms with Crippen LogP contribution in [0.15, 0.2) is 140 Å². The van der Waals surface area contributed by atoms with E-state index in [-0.39, 0.29) is 79.8 Å². The third-order valence-corrected chi connectivity index (χ3v) is 11.0. The van der Waals surface area contributed by atoms with Crippen LogP contribution in [0.3, 0.4) is 0 Å². The molecule has 24 heteroatoms. The lowest BCUT2D eigenvalue weighted by Gasteiger charge is -2.13. The summed E-state index contributed by atoms with van der Waals surface area (Å²) in [5.41, 5.74) is 1.97. The minimum absolute atomic E-state index is 0. The molecule has 7 aromatic carbocycles. The van der Waals surface area contributed by atoms with Gasteiger partial charge in [-0.25, -0.2) is 9.59 Å². The van der Waals surface area contributed by atoms with Gasteiger partial charge in [0.2, 0.25) is 0 Å². The molecule has 0 aliphatic carbocycles. The molecule has 0 saturated heterocycles. The van der Waals surface area contributed by atoms with E-state index in [1.807, 2.05) is 32.0 Å². The second-order valence-electron chi connectivity index (χ2n) is 17.3. The summed E-state index contributed by atoms with van der Waals surface area (Å²) in [6.45, 7) is 15.4. The summed E-state index contributed by atoms with van der Waals surface area (Å²) in [4.78, 5) is 126. The van der Waals surface area contributed by atoms with Crippen molar-refractivity contribution in [1.29, 1.82) is 0 Å². The Morgan fingerprint density at radius 1 is 0.273 bits per heavy atom. The van der Waals surface area contributed by atoms with E-state index in [1.54, 1.807) is 20.8 Å². The number of aromatic carboxylic acids is 12. The summed E-state index contributed by atoms with van der Waals surface area (Å²) in [5, 5.41) is 122. The highest BCUT2D eigenvalue weighted by atomic mass is 16.4. The third kappa shape index (κ3) is 26.2. The zero-order valence-electron chi connectivity index (χ0n) is 47.7. The van der Waals surface area contributed by atoms with E-state index in [0.717, 1.165) is 12.1 Å². The van der Waals surface area contributed by atoms with Crippen molar-refractivity contribution in [3.05, 3.63) is 245 Å². The molecule has 0 heterocycles. The van der Waals surface area contributed by atoms with Crippen molar-refractivity contribution in [2.24, 2.45) is 0 Å². The molecule has 0 fully saturated rings. The fourth-order valence-corrected chi connectivity index (χ4v) is 6.75. The maximum atomic E-state index is 10.6. The standard InChI is InChI=1S/6C9H8O4.C7H8.C2H6.CH4/c1-5-2-6(8(10)11)4-7(3-5)9(12)13;1-5-4-6(8(10)11)2-3-7(5)9(12)13;1-5-2-3-6(8(10)11)4-7(5)9(12)13;1-5-2-3-6(8(10)11)7(4-5)9(12)13;1-5-6(8(10)11)3-2-4-7(5)9(12)13;1-5-3-2-4-6(8(10)11)7(5)9(12)13;1-7-5-3-2-4-6-7;1-2;/h6*2-4H,1H3,(H,10,11)(H,12,13);2-6H,1H3;1-2H3;1H4/p-10. The molecule has 0 aliphatic heterocycles. The SMILES string of the molecule is C.CC.Cc1c(C(=O)[O-])cccc1C(=O)[O-].Cc1cc(C(=O)[O-])cc(C(=O)[O-])c1.Cc1cc(C(=O)[O-])ccc1C(=O)[O-].Cc1ccc(C(=O)O)cc1C(=O)O.Cc1ccc(C(=O)[O-])c(C(=O)[O-])c1.Cc1cccc(C(=O)[O-])c1C(=O)[O-].Cc1ccccc1. The minimum atomic E-state index is -1.51. The molecular formula is C64H56O24-10. The van der Waals surface area contributed by atoms with Crippen LogP contribution in [0.2, 0.25) is 0 Å². The van der Waals surface area contributed by atoms with Crippen molar-refractivity contribution in [3.8, 4) is 0 Å². The first-order valence-electron chi connectivity index (χ1n) is 24.8. The van der Waals surface area contributed by atoms with Gasteiger partial charge in [0.05, 0.1) is 70.8 Å². The highest BCUT2D eigenvalue weighted by molar-refractivity contribution is 6.02. The zero-order chi connectivity index (χ0) is 67.2. The second kappa shape index (κ2) is 38.1. The Kier molecular flexibility index (Phi) is 33.9. The molecule has 466 valence electrons. The molecule has 7 aromatic rings. The number of benzene rings is 7. The molecule has 0 saturated carbocycles. The number of carboxylic acids is 12. The Balaban J connectivity index is 0. The minimum Gasteiger partial charge on any atom is -0.545 e. The average molecular weight is 1210 g/mol. The highest BCUT2D eigenvalue weighted by Crippen LogP contribution is 2.16. The number of carbonyl (C=O) groups is 12. The van der Waals surface area contributed by atoms with Crippen molar-refractivity contribution in [2.45, 2.75) is 69.7 Å². The first kappa shape index (κ1) is 78.2. The predicted octanol–water partition coefficient (Wildman–Crippen LogP) is -1.34. The van der Waals surface area contributed by atoms with Crippen molar-refractivity contribution < 1.29 is 119 Å². The first-order valence-corrected chi connectivity index (χ1v) is 24.8. The van der Waals surface area contributed by atoms with Gasteiger partial charge in [-0.3, -0.25) is 0 Å². The molecule has 2 N–H and O–H groups in total. The number of aryl methyl sites for hydroxylation is 6. The van der Waals surface area contributed by atoms with Crippen LogP contribution in [0.25, 0.3) is 0 Å². The first-order chi connectivity index (χ1) is 40.5. The van der Waals surface area contributed by atoms with E-state index in [0.29, 0.717) is 27.8 Å². The van der Waals surface area contributed by atoms with Crippen molar-refractivity contribution in [1.82, 2.24) is 0 Å².